The van der Waals surface area contributed by atoms with E-state index >= 15 is 0 Å². The molecular weight excluding hydrogens is 564 g/mol. The van der Waals surface area contributed by atoms with Crippen molar-refractivity contribution >= 4 is 5.78 Å². The molecule has 3 aliphatic carbocycles. The van der Waals surface area contributed by atoms with Crippen LogP contribution in [0.4, 0.5) is 0 Å². The van der Waals surface area contributed by atoms with Gasteiger partial charge in [0.25, 0.3) is 0 Å². The first-order valence-electron chi connectivity index (χ1n) is 16.8. The number of phenolic OH excluding ortho intramolecular Hbond substituents is 1. The van der Waals surface area contributed by atoms with Gasteiger partial charge in [0.2, 0.25) is 0 Å². The molecule has 3 aliphatic rings. The lowest BCUT2D eigenvalue weighted by Crippen LogP contribution is -2.61. The zero-order valence-corrected chi connectivity index (χ0v) is 27.5. The lowest BCUT2D eigenvalue weighted by atomic mass is 9.51. The Morgan fingerprint density at radius 2 is 1.84 bits per heavy atom. The summed E-state index contributed by atoms with van der Waals surface area (Å²) in [7, 11) is 0. The normalized spacial score (nSPS) is 31.0. The molecule has 1 spiro atoms. The standard InChI is InChI=1S/C39H54O6/c1-26(2)9-5-10-27(3)11-6-12-31(25-41)36-30-13-7-20-38(45)21-19-33(34(14-8-22-40)39(38,24-30)37(36)44)28(4)35(43)23-29-15-17-32(42)18-16-29/h6,9,11-12,15-18,30,34,36-37,40-42,44-45H,3,5,7-8,10,13-14,19-25H2,1-2,4H3. The number of phenols is 1. The lowest BCUT2D eigenvalue weighted by Gasteiger charge is -2.57. The van der Waals surface area contributed by atoms with E-state index in [1.807, 2.05) is 25.2 Å². The van der Waals surface area contributed by atoms with Gasteiger partial charge in [0.1, 0.15) is 5.75 Å². The molecule has 2 bridgehead atoms. The second-order valence-corrected chi connectivity index (χ2v) is 14.0. The Balaban J connectivity index is 1.69. The Morgan fingerprint density at radius 3 is 2.51 bits per heavy atom. The van der Waals surface area contributed by atoms with Crippen molar-refractivity contribution in [2.24, 2.45) is 23.2 Å². The van der Waals surface area contributed by atoms with Crippen LogP contribution in [0.5, 0.6) is 5.75 Å². The Hall–Kier alpha value is -2.77. The maximum atomic E-state index is 13.6. The Bertz CT molecular complexity index is 1330. The van der Waals surface area contributed by atoms with Gasteiger partial charge in [-0.2, -0.15) is 0 Å². The fraction of sp³-hybridized carbons (Fsp3) is 0.564. The third-order valence-electron chi connectivity index (χ3n) is 11.0. The molecule has 0 saturated heterocycles. The molecule has 6 heteroatoms. The van der Waals surface area contributed by atoms with E-state index in [4.69, 9.17) is 0 Å². The van der Waals surface area contributed by atoms with Crippen LogP contribution in [0.1, 0.15) is 90.5 Å². The van der Waals surface area contributed by atoms with Crippen LogP contribution in [-0.4, -0.2) is 56.2 Å². The van der Waals surface area contributed by atoms with E-state index in [0.717, 1.165) is 48.0 Å². The van der Waals surface area contributed by atoms with Gasteiger partial charge < -0.3 is 25.5 Å². The van der Waals surface area contributed by atoms with E-state index in [1.165, 1.54) is 5.57 Å². The van der Waals surface area contributed by atoms with E-state index < -0.39 is 17.1 Å². The minimum atomic E-state index is -1.10. The summed E-state index contributed by atoms with van der Waals surface area (Å²) in [5.74, 6) is -0.343. The third kappa shape index (κ3) is 7.46. The molecule has 3 saturated carbocycles. The maximum absolute atomic E-state index is 13.6. The summed E-state index contributed by atoms with van der Waals surface area (Å²) in [6, 6.07) is 6.67. The molecule has 246 valence electrons. The molecule has 5 N–H and O–H groups in total. The number of ketones is 1. The van der Waals surface area contributed by atoms with Crippen molar-refractivity contribution in [1.29, 1.82) is 0 Å². The second-order valence-electron chi connectivity index (χ2n) is 14.0. The molecule has 0 radical (unpaired) electrons. The number of fused-ring (bicyclic) bond motifs is 1. The Morgan fingerprint density at radius 1 is 1.11 bits per heavy atom. The average Bonchev–Trinajstić information content (AvgIpc) is 3.18. The van der Waals surface area contributed by atoms with Gasteiger partial charge >= 0.3 is 0 Å². The zero-order chi connectivity index (χ0) is 32.8. The highest BCUT2D eigenvalue weighted by Crippen LogP contribution is 2.67. The summed E-state index contributed by atoms with van der Waals surface area (Å²) in [5.41, 5.74) is 3.53. The number of Topliss-reactive ketones (excluding diaryl/α,β-unsaturated/α-hetero) is 1. The fourth-order valence-corrected chi connectivity index (χ4v) is 8.75. The molecule has 0 heterocycles. The number of aromatic hydroxyl groups is 1. The number of allylic oxidation sites excluding steroid dienone is 8. The number of aliphatic hydroxyl groups is 4. The quantitative estimate of drug-likeness (QED) is 0.0957. The molecule has 4 rings (SSSR count). The predicted octanol–water partition coefficient (Wildman–Crippen LogP) is 6.68. The first-order chi connectivity index (χ1) is 21.5. The number of carbonyl (C=O) groups is 1. The molecule has 1 aromatic carbocycles. The first-order valence-corrected chi connectivity index (χ1v) is 16.8. The summed E-state index contributed by atoms with van der Waals surface area (Å²) in [6.07, 6.45) is 14.1. The molecule has 6 unspecified atom stereocenters. The van der Waals surface area contributed by atoms with Crippen LogP contribution < -0.4 is 0 Å². The highest BCUT2D eigenvalue weighted by Gasteiger charge is 2.68. The van der Waals surface area contributed by atoms with E-state index in [2.05, 4.69) is 26.5 Å². The minimum Gasteiger partial charge on any atom is -0.508 e. The topological polar surface area (TPSA) is 118 Å². The number of hydrogen-bond acceptors (Lipinski definition) is 6. The van der Waals surface area contributed by atoms with Gasteiger partial charge in [0.05, 0.1) is 18.3 Å². The van der Waals surface area contributed by atoms with Gasteiger partial charge in [-0.25, -0.2) is 0 Å². The Kier molecular flexibility index (Phi) is 11.9. The molecule has 0 amide bonds. The van der Waals surface area contributed by atoms with Crippen molar-refractivity contribution in [3.05, 3.63) is 88.6 Å². The summed E-state index contributed by atoms with van der Waals surface area (Å²) in [6.45, 7) is 10.0. The van der Waals surface area contributed by atoms with Crippen molar-refractivity contribution in [2.75, 3.05) is 13.2 Å². The van der Waals surface area contributed by atoms with Gasteiger partial charge in [-0.3, -0.25) is 4.79 Å². The number of rotatable bonds is 13. The third-order valence-corrected chi connectivity index (χ3v) is 11.0. The van der Waals surface area contributed by atoms with Crippen LogP contribution >= 0.6 is 0 Å². The number of benzene rings is 1. The summed E-state index contributed by atoms with van der Waals surface area (Å²) in [5, 5.41) is 55.1. The van der Waals surface area contributed by atoms with Crippen LogP contribution in [0.25, 0.3) is 0 Å². The van der Waals surface area contributed by atoms with Crippen LogP contribution in [-0.2, 0) is 11.2 Å². The molecule has 6 atom stereocenters. The summed E-state index contributed by atoms with van der Waals surface area (Å²) >= 11 is 0. The van der Waals surface area contributed by atoms with E-state index in [-0.39, 0.29) is 48.9 Å². The number of carbonyl (C=O) groups excluding carboxylic acids is 1. The largest absolute Gasteiger partial charge is 0.508 e. The van der Waals surface area contributed by atoms with Crippen LogP contribution in [0.15, 0.2) is 83.0 Å². The van der Waals surface area contributed by atoms with Gasteiger partial charge in [-0.1, -0.05) is 66.2 Å². The Labute approximate surface area is 269 Å². The summed E-state index contributed by atoms with van der Waals surface area (Å²) < 4.78 is 0. The van der Waals surface area contributed by atoms with Crippen molar-refractivity contribution in [2.45, 2.75) is 103 Å². The monoisotopic (exact) mass is 618 g/mol. The summed E-state index contributed by atoms with van der Waals surface area (Å²) in [4.78, 5) is 13.6. The second kappa shape index (κ2) is 15.2. The van der Waals surface area contributed by atoms with Crippen LogP contribution in [0.3, 0.4) is 0 Å². The minimum absolute atomic E-state index is 0.00775. The van der Waals surface area contributed by atoms with Crippen molar-refractivity contribution in [3.8, 4) is 5.75 Å². The van der Waals surface area contributed by atoms with Crippen LogP contribution in [0, 0.1) is 23.2 Å². The van der Waals surface area contributed by atoms with Crippen LogP contribution in [0.2, 0.25) is 0 Å². The van der Waals surface area contributed by atoms with Gasteiger partial charge in [0.15, 0.2) is 5.78 Å². The van der Waals surface area contributed by atoms with Gasteiger partial charge in [-0.15, -0.1) is 0 Å². The van der Waals surface area contributed by atoms with Crippen molar-refractivity contribution in [1.82, 2.24) is 0 Å². The molecular formula is C39H54O6. The van der Waals surface area contributed by atoms with Gasteiger partial charge in [-0.05, 0) is 119 Å². The molecule has 45 heavy (non-hydrogen) atoms. The number of hydrogen-bond donors (Lipinski definition) is 5. The van der Waals surface area contributed by atoms with Crippen molar-refractivity contribution < 1.29 is 30.3 Å². The molecule has 0 aromatic heterocycles. The predicted molar refractivity (Wildman–Crippen MR) is 180 cm³/mol. The first kappa shape index (κ1) is 35.1. The molecule has 6 nitrogen and oxygen atoms in total. The highest BCUT2D eigenvalue weighted by atomic mass is 16.3. The average molecular weight is 619 g/mol. The van der Waals surface area contributed by atoms with Crippen molar-refractivity contribution in [3.63, 3.8) is 0 Å². The molecule has 1 aromatic rings. The number of aliphatic hydroxyl groups excluding tert-OH is 3. The smallest absolute Gasteiger partial charge is 0.162 e. The van der Waals surface area contributed by atoms with Gasteiger partial charge in [0, 0.05) is 24.4 Å². The molecule has 3 fully saturated rings. The SMILES string of the molecule is C=C(C=CC=C(CO)C1C2CCCC3(O)CCC(=C(C)C(=O)Cc4ccc(O)cc4)C(CCCO)C3(C2)C1O)CCC=C(C)C. The lowest BCUT2D eigenvalue weighted by molar-refractivity contribution is -0.181. The fourth-order valence-electron chi connectivity index (χ4n) is 8.75. The molecule has 0 aliphatic heterocycles. The van der Waals surface area contributed by atoms with E-state index in [9.17, 15) is 30.3 Å². The zero-order valence-electron chi connectivity index (χ0n) is 27.5. The highest BCUT2D eigenvalue weighted by molar-refractivity contribution is 5.97. The van der Waals surface area contributed by atoms with E-state index in [1.54, 1.807) is 24.3 Å². The van der Waals surface area contributed by atoms with E-state index in [0.29, 0.717) is 44.1 Å². The maximum Gasteiger partial charge on any atom is 0.162 e.